The van der Waals surface area contributed by atoms with Crippen molar-refractivity contribution in [3.8, 4) is 11.1 Å². The summed E-state index contributed by atoms with van der Waals surface area (Å²) in [5, 5.41) is 0. The second-order valence-corrected chi connectivity index (χ2v) is 6.61. The highest BCUT2D eigenvalue weighted by Crippen LogP contribution is 2.43. The SMILES string of the molecule is Cc1ncc(-c2ccc3c(c2)N(CC(F)(F)F)CC3(C)C)cn1. The summed E-state index contributed by atoms with van der Waals surface area (Å²) in [7, 11) is 0. The maximum absolute atomic E-state index is 12.9. The van der Waals surface area contributed by atoms with Gasteiger partial charge in [0.05, 0.1) is 0 Å². The molecule has 0 radical (unpaired) electrons. The van der Waals surface area contributed by atoms with Gasteiger partial charge in [0, 0.05) is 35.6 Å². The Morgan fingerprint density at radius 1 is 1.13 bits per heavy atom. The third kappa shape index (κ3) is 3.16. The highest BCUT2D eigenvalue weighted by molar-refractivity contribution is 5.73. The first-order valence-corrected chi connectivity index (χ1v) is 7.41. The molecule has 6 heteroatoms. The predicted octanol–water partition coefficient (Wildman–Crippen LogP) is 4.11. The molecule has 2 aromatic rings. The van der Waals surface area contributed by atoms with E-state index in [4.69, 9.17) is 0 Å². The summed E-state index contributed by atoms with van der Waals surface area (Å²) < 4.78 is 38.6. The Hall–Kier alpha value is -2.11. The van der Waals surface area contributed by atoms with E-state index in [9.17, 15) is 13.2 Å². The van der Waals surface area contributed by atoms with Crippen LogP contribution in [0, 0.1) is 6.92 Å². The lowest BCUT2D eigenvalue weighted by Gasteiger charge is -2.23. The molecule has 0 spiro atoms. The molecular weight excluding hydrogens is 303 g/mol. The van der Waals surface area contributed by atoms with Gasteiger partial charge in [-0.15, -0.1) is 0 Å². The van der Waals surface area contributed by atoms with Crippen LogP contribution in [0.25, 0.3) is 11.1 Å². The van der Waals surface area contributed by atoms with Crippen LogP contribution in [0.15, 0.2) is 30.6 Å². The van der Waals surface area contributed by atoms with E-state index in [0.717, 1.165) is 16.7 Å². The van der Waals surface area contributed by atoms with E-state index in [2.05, 4.69) is 9.97 Å². The van der Waals surface area contributed by atoms with E-state index in [1.807, 2.05) is 32.0 Å². The van der Waals surface area contributed by atoms with Gasteiger partial charge in [-0.1, -0.05) is 26.0 Å². The first-order valence-electron chi connectivity index (χ1n) is 7.41. The summed E-state index contributed by atoms with van der Waals surface area (Å²) in [6.45, 7) is 5.15. The number of aromatic nitrogens is 2. The summed E-state index contributed by atoms with van der Waals surface area (Å²) in [6.07, 6.45) is -0.836. The number of nitrogens with zero attached hydrogens (tertiary/aromatic N) is 3. The normalized spacial score (nSPS) is 16.5. The van der Waals surface area contributed by atoms with Crippen molar-refractivity contribution in [2.45, 2.75) is 32.4 Å². The minimum Gasteiger partial charge on any atom is -0.361 e. The molecule has 0 bridgehead atoms. The molecule has 0 aliphatic carbocycles. The van der Waals surface area contributed by atoms with Crippen LogP contribution in [-0.4, -0.2) is 29.2 Å². The second kappa shape index (κ2) is 5.22. The number of hydrogen-bond acceptors (Lipinski definition) is 3. The third-order valence-electron chi connectivity index (χ3n) is 4.14. The zero-order chi connectivity index (χ0) is 16.8. The monoisotopic (exact) mass is 321 g/mol. The van der Waals surface area contributed by atoms with Crippen molar-refractivity contribution in [3.05, 3.63) is 42.0 Å². The molecule has 0 fully saturated rings. The molecule has 0 unspecified atom stereocenters. The summed E-state index contributed by atoms with van der Waals surface area (Å²) in [5.41, 5.74) is 2.91. The summed E-state index contributed by atoms with van der Waals surface area (Å²) in [4.78, 5) is 9.71. The number of alkyl halides is 3. The van der Waals surface area contributed by atoms with Crippen molar-refractivity contribution in [2.75, 3.05) is 18.0 Å². The predicted molar refractivity (Wildman–Crippen MR) is 83.5 cm³/mol. The Kier molecular flexibility index (Phi) is 3.58. The molecule has 0 amide bonds. The molecular formula is C17H18F3N3. The summed E-state index contributed by atoms with van der Waals surface area (Å²) in [6, 6.07) is 5.65. The largest absolute Gasteiger partial charge is 0.405 e. The van der Waals surface area contributed by atoms with Gasteiger partial charge in [0.15, 0.2) is 0 Å². The van der Waals surface area contributed by atoms with Crippen molar-refractivity contribution in [1.82, 2.24) is 9.97 Å². The van der Waals surface area contributed by atoms with Gasteiger partial charge in [-0.3, -0.25) is 0 Å². The van der Waals surface area contributed by atoms with Crippen LogP contribution in [0.2, 0.25) is 0 Å². The highest BCUT2D eigenvalue weighted by atomic mass is 19.4. The number of rotatable bonds is 2. The van der Waals surface area contributed by atoms with Crippen molar-refractivity contribution < 1.29 is 13.2 Å². The number of hydrogen-bond donors (Lipinski definition) is 0. The Balaban J connectivity index is 2.03. The van der Waals surface area contributed by atoms with Crippen LogP contribution >= 0.6 is 0 Å². The fourth-order valence-electron chi connectivity index (χ4n) is 3.09. The molecule has 1 aliphatic rings. The van der Waals surface area contributed by atoms with E-state index in [0.29, 0.717) is 18.1 Å². The molecule has 1 aliphatic heterocycles. The maximum Gasteiger partial charge on any atom is 0.405 e. The minimum atomic E-state index is -4.22. The number of benzene rings is 1. The first-order chi connectivity index (χ1) is 10.7. The number of halogens is 3. The fourth-order valence-corrected chi connectivity index (χ4v) is 3.09. The topological polar surface area (TPSA) is 29.0 Å². The molecule has 23 heavy (non-hydrogen) atoms. The van der Waals surface area contributed by atoms with E-state index in [1.165, 1.54) is 4.90 Å². The molecule has 0 saturated carbocycles. The minimum absolute atomic E-state index is 0.303. The van der Waals surface area contributed by atoms with E-state index in [-0.39, 0.29) is 5.41 Å². The van der Waals surface area contributed by atoms with Crippen molar-refractivity contribution in [2.24, 2.45) is 0 Å². The highest BCUT2D eigenvalue weighted by Gasteiger charge is 2.40. The molecule has 2 heterocycles. The molecule has 0 N–H and O–H groups in total. The third-order valence-corrected chi connectivity index (χ3v) is 4.14. The Morgan fingerprint density at radius 3 is 2.39 bits per heavy atom. The average molecular weight is 321 g/mol. The lowest BCUT2D eigenvalue weighted by atomic mass is 9.86. The van der Waals surface area contributed by atoms with Crippen molar-refractivity contribution >= 4 is 5.69 Å². The molecule has 3 rings (SSSR count). The Bertz CT molecular complexity index is 719. The van der Waals surface area contributed by atoms with E-state index in [1.54, 1.807) is 19.3 Å². The van der Waals surface area contributed by atoms with Gasteiger partial charge < -0.3 is 4.90 Å². The van der Waals surface area contributed by atoms with E-state index >= 15 is 0 Å². The van der Waals surface area contributed by atoms with Gasteiger partial charge in [-0.2, -0.15) is 13.2 Å². The number of anilines is 1. The quantitative estimate of drug-likeness (QED) is 0.833. The van der Waals surface area contributed by atoms with Crippen LogP contribution in [0.1, 0.15) is 25.2 Å². The molecule has 1 aromatic heterocycles. The smallest absolute Gasteiger partial charge is 0.361 e. The molecule has 3 nitrogen and oxygen atoms in total. The summed E-state index contributed by atoms with van der Waals surface area (Å²) >= 11 is 0. The van der Waals surface area contributed by atoms with E-state index < -0.39 is 12.7 Å². The van der Waals surface area contributed by atoms with Gasteiger partial charge in [-0.05, 0) is 24.1 Å². The maximum atomic E-state index is 12.9. The van der Waals surface area contributed by atoms with Gasteiger partial charge in [-0.25, -0.2) is 9.97 Å². The van der Waals surface area contributed by atoms with Gasteiger partial charge in [0.25, 0.3) is 0 Å². The van der Waals surface area contributed by atoms with Gasteiger partial charge in [0.1, 0.15) is 12.4 Å². The summed E-state index contributed by atoms with van der Waals surface area (Å²) in [5.74, 6) is 0.662. The number of fused-ring (bicyclic) bond motifs is 1. The molecule has 0 atom stereocenters. The number of aryl methyl sites for hydroxylation is 1. The molecule has 122 valence electrons. The lowest BCUT2D eigenvalue weighted by molar-refractivity contribution is -0.119. The van der Waals surface area contributed by atoms with Crippen LogP contribution in [-0.2, 0) is 5.41 Å². The zero-order valence-electron chi connectivity index (χ0n) is 13.3. The Morgan fingerprint density at radius 2 is 1.78 bits per heavy atom. The Labute approximate surface area is 133 Å². The fraction of sp³-hybridized carbons (Fsp3) is 0.412. The average Bonchev–Trinajstić information content (AvgIpc) is 2.68. The van der Waals surface area contributed by atoms with Crippen LogP contribution < -0.4 is 4.90 Å². The van der Waals surface area contributed by atoms with Crippen molar-refractivity contribution in [3.63, 3.8) is 0 Å². The lowest BCUT2D eigenvalue weighted by Crippen LogP contribution is -2.36. The zero-order valence-corrected chi connectivity index (χ0v) is 13.3. The second-order valence-electron chi connectivity index (χ2n) is 6.61. The standard InChI is InChI=1S/C17H18F3N3/c1-11-21-7-13(8-22-11)12-4-5-14-15(6-12)23(9-16(14,2)3)10-17(18,19)20/h4-8H,9-10H2,1-3H3. The van der Waals surface area contributed by atoms with Crippen LogP contribution in [0.4, 0.5) is 18.9 Å². The first kappa shape index (κ1) is 15.8. The molecule has 1 aromatic carbocycles. The van der Waals surface area contributed by atoms with Crippen molar-refractivity contribution in [1.29, 1.82) is 0 Å². The molecule has 0 saturated heterocycles. The van der Waals surface area contributed by atoms with Gasteiger partial charge >= 0.3 is 6.18 Å². The van der Waals surface area contributed by atoms with Crippen LogP contribution in [0.5, 0.6) is 0 Å². The van der Waals surface area contributed by atoms with Gasteiger partial charge in [0.2, 0.25) is 0 Å². The van der Waals surface area contributed by atoms with Crippen LogP contribution in [0.3, 0.4) is 0 Å².